The smallest absolute Gasteiger partial charge is 0.329 e. The summed E-state index contributed by atoms with van der Waals surface area (Å²) < 4.78 is 40.4. The van der Waals surface area contributed by atoms with Crippen LogP contribution in [0, 0.1) is 6.92 Å². The van der Waals surface area contributed by atoms with Gasteiger partial charge in [-0.3, -0.25) is 9.08 Å². The van der Waals surface area contributed by atoms with E-state index in [0.29, 0.717) is 5.69 Å². The maximum Gasteiger partial charge on any atom is 0.405 e. The predicted octanol–water partition coefficient (Wildman–Crippen LogP) is 4.39. The third kappa shape index (κ3) is 4.52. The number of carbonyl (C=O) groups is 1. The maximum absolute atomic E-state index is 12.3. The van der Waals surface area contributed by atoms with E-state index < -0.39 is 18.8 Å². The Bertz CT molecular complexity index is 1260. The lowest BCUT2D eigenvalue weighted by Crippen LogP contribution is -2.36. The first-order valence-electron chi connectivity index (χ1n) is 9.39. The Labute approximate surface area is 175 Å². The number of aryl methyl sites for hydroxylation is 2. The molecule has 7 nitrogen and oxygen atoms in total. The number of imidazole rings is 1. The summed E-state index contributed by atoms with van der Waals surface area (Å²) >= 11 is 0. The van der Waals surface area contributed by atoms with Gasteiger partial charge in [0.2, 0.25) is 0 Å². The standard InChI is InChI=1S/C21H19F3N6O/c1-13-17(11-29(2)28-13)14-6-7-30-18(10-25-19(30)9-14)15-4-3-5-16(8-15)27-20(31)26-12-21(22,23)24/h3-11H,12H2,1-2H3,(H2,26,27,31). The van der Waals surface area contributed by atoms with Crippen molar-refractivity contribution in [3.63, 3.8) is 0 Å². The van der Waals surface area contributed by atoms with Gasteiger partial charge in [-0.15, -0.1) is 0 Å². The molecule has 4 rings (SSSR count). The molecule has 0 bridgehead atoms. The van der Waals surface area contributed by atoms with Crippen molar-refractivity contribution in [3.05, 3.63) is 60.7 Å². The van der Waals surface area contributed by atoms with E-state index in [1.54, 1.807) is 34.4 Å². The van der Waals surface area contributed by atoms with Crippen LogP contribution in [-0.2, 0) is 7.05 Å². The number of halogens is 3. The minimum Gasteiger partial charge on any atom is -0.329 e. The fourth-order valence-corrected chi connectivity index (χ4v) is 3.36. The highest BCUT2D eigenvalue weighted by Crippen LogP contribution is 2.28. The van der Waals surface area contributed by atoms with Crippen molar-refractivity contribution in [3.8, 4) is 22.4 Å². The molecule has 0 saturated heterocycles. The lowest BCUT2D eigenvalue weighted by molar-refractivity contribution is -0.122. The number of aromatic nitrogens is 4. The van der Waals surface area contributed by atoms with Gasteiger partial charge in [-0.25, -0.2) is 9.78 Å². The van der Waals surface area contributed by atoms with Gasteiger partial charge in [0, 0.05) is 36.3 Å². The van der Waals surface area contributed by atoms with E-state index in [-0.39, 0.29) is 0 Å². The van der Waals surface area contributed by atoms with Crippen LogP contribution >= 0.6 is 0 Å². The van der Waals surface area contributed by atoms with Crippen LogP contribution in [0.3, 0.4) is 0 Å². The van der Waals surface area contributed by atoms with Crippen LogP contribution in [0.2, 0.25) is 0 Å². The number of urea groups is 1. The molecule has 0 aliphatic rings. The molecular weight excluding hydrogens is 409 g/mol. The van der Waals surface area contributed by atoms with E-state index in [2.05, 4.69) is 15.4 Å². The fourth-order valence-electron chi connectivity index (χ4n) is 3.36. The van der Waals surface area contributed by atoms with Crippen molar-refractivity contribution in [2.24, 2.45) is 7.05 Å². The van der Waals surface area contributed by atoms with E-state index >= 15 is 0 Å². The van der Waals surface area contributed by atoms with Crippen molar-refractivity contribution in [1.82, 2.24) is 24.5 Å². The van der Waals surface area contributed by atoms with E-state index in [4.69, 9.17) is 0 Å². The molecule has 160 valence electrons. The summed E-state index contributed by atoms with van der Waals surface area (Å²) in [4.78, 5) is 16.2. The average molecular weight is 428 g/mol. The molecule has 2 amide bonds. The number of nitrogens with zero attached hydrogens (tertiary/aromatic N) is 4. The molecule has 0 radical (unpaired) electrons. The molecule has 31 heavy (non-hydrogen) atoms. The predicted molar refractivity (Wildman–Crippen MR) is 111 cm³/mol. The lowest BCUT2D eigenvalue weighted by Gasteiger charge is -2.11. The van der Waals surface area contributed by atoms with Crippen LogP contribution in [0.5, 0.6) is 0 Å². The number of alkyl halides is 3. The number of rotatable bonds is 4. The van der Waals surface area contributed by atoms with Gasteiger partial charge in [0.25, 0.3) is 0 Å². The highest BCUT2D eigenvalue weighted by Gasteiger charge is 2.27. The first kappa shape index (κ1) is 20.5. The maximum atomic E-state index is 12.3. The molecule has 1 aromatic carbocycles. The second-order valence-corrected chi connectivity index (χ2v) is 7.09. The van der Waals surface area contributed by atoms with Crippen LogP contribution in [-0.4, -0.2) is 37.9 Å². The molecule has 10 heteroatoms. The molecule has 4 aromatic rings. The van der Waals surface area contributed by atoms with Crippen molar-refractivity contribution < 1.29 is 18.0 Å². The summed E-state index contributed by atoms with van der Waals surface area (Å²) in [6.07, 6.45) is 1.08. The molecule has 3 aromatic heterocycles. The fraction of sp³-hybridized carbons (Fsp3) is 0.190. The number of hydrogen-bond acceptors (Lipinski definition) is 3. The third-order valence-corrected chi connectivity index (χ3v) is 4.70. The van der Waals surface area contributed by atoms with Crippen molar-refractivity contribution in [2.45, 2.75) is 13.1 Å². The lowest BCUT2D eigenvalue weighted by atomic mass is 10.1. The average Bonchev–Trinajstić information content (AvgIpc) is 3.28. The Morgan fingerprint density at radius 3 is 2.68 bits per heavy atom. The van der Waals surface area contributed by atoms with Crippen LogP contribution in [0.25, 0.3) is 28.0 Å². The SMILES string of the molecule is Cc1nn(C)cc1-c1ccn2c(-c3cccc(NC(=O)NCC(F)(F)F)c3)cnc2c1. The van der Waals surface area contributed by atoms with E-state index in [0.717, 1.165) is 33.7 Å². The zero-order chi connectivity index (χ0) is 22.2. The Hall–Kier alpha value is -3.82. The summed E-state index contributed by atoms with van der Waals surface area (Å²) in [6.45, 7) is 0.546. The summed E-state index contributed by atoms with van der Waals surface area (Å²) in [5.74, 6) is 0. The molecule has 0 unspecified atom stereocenters. The Balaban J connectivity index is 1.58. The number of benzene rings is 1. The molecule has 0 atom stereocenters. The quantitative estimate of drug-likeness (QED) is 0.506. The first-order chi connectivity index (χ1) is 14.7. The molecule has 0 aliphatic heterocycles. The Morgan fingerprint density at radius 2 is 1.97 bits per heavy atom. The van der Waals surface area contributed by atoms with Gasteiger partial charge < -0.3 is 10.6 Å². The second-order valence-electron chi connectivity index (χ2n) is 7.09. The van der Waals surface area contributed by atoms with Gasteiger partial charge in [-0.2, -0.15) is 18.3 Å². The largest absolute Gasteiger partial charge is 0.405 e. The molecule has 2 N–H and O–H groups in total. The number of pyridine rings is 1. The minimum atomic E-state index is -4.47. The van der Waals surface area contributed by atoms with Crippen molar-refractivity contribution in [2.75, 3.05) is 11.9 Å². The van der Waals surface area contributed by atoms with Gasteiger partial charge in [0.05, 0.1) is 17.6 Å². The number of anilines is 1. The van der Waals surface area contributed by atoms with Crippen molar-refractivity contribution >= 4 is 17.4 Å². The molecule has 3 heterocycles. The monoisotopic (exact) mass is 428 g/mol. The molecule has 0 saturated carbocycles. The topological polar surface area (TPSA) is 76.2 Å². The number of fused-ring (bicyclic) bond motifs is 1. The molecular formula is C21H19F3N6O. The molecule has 0 spiro atoms. The normalized spacial score (nSPS) is 11.6. The summed E-state index contributed by atoms with van der Waals surface area (Å²) in [7, 11) is 1.87. The van der Waals surface area contributed by atoms with Gasteiger partial charge in [-0.1, -0.05) is 12.1 Å². The number of hydrogen-bond donors (Lipinski definition) is 2. The highest BCUT2D eigenvalue weighted by molar-refractivity contribution is 5.90. The third-order valence-electron chi connectivity index (χ3n) is 4.70. The van der Waals surface area contributed by atoms with Gasteiger partial charge in [0.1, 0.15) is 12.2 Å². The van der Waals surface area contributed by atoms with E-state index in [1.807, 2.05) is 49.0 Å². The Morgan fingerprint density at radius 1 is 1.16 bits per heavy atom. The number of carbonyl (C=O) groups excluding carboxylic acids is 1. The number of nitrogens with one attached hydrogen (secondary N) is 2. The first-order valence-corrected chi connectivity index (χ1v) is 9.39. The summed E-state index contributed by atoms with van der Waals surface area (Å²) in [5, 5.41) is 8.57. The van der Waals surface area contributed by atoms with Crippen LogP contribution in [0.15, 0.2) is 55.0 Å². The number of amides is 2. The van der Waals surface area contributed by atoms with Crippen LogP contribution in [0.4, 0.5) is 23.7 Å². The Kier molecular flexibility index (Phi) is 5.14. The van der Waals surface area contributed by atoms with Gasteiger partial charge in [-0.05, 0) is 36.8 Å². The van der Waals surface area contributed by atoms with Crippen LogP contribution in [0.1, 0.15) is 5.69 Å². The minimum absolute atomic E-state index is 0.370. The van der Waals surface area contributed by atoms with E-state index in [9.17, 15) is 18.0 Å². The molecule has 0 aliphatic carbocycles. The van der Waals surface area contributed by atoms with Gasteiger partial charge >= 0.3 is 12.2 Å². The van der Waals surface area contributed by atoms with E-state index in [1.165, 1.54) is 0 Å². The van der Waals surface area contributed by atoms with Crippen molar-refractivity contribution in [1.29, 1.82) is 0 Å². The second kappa shape index (κ2) is 7.78. The summed E-state index contributed by atoms with van der Waals surface area (Å²) in [6, 6.07) is 9.82. The zero-order valence-corrected chi connectivity index (χ0v) is 16.7. The van der Waals surface area contributed by atoms with Crippen LogP contribution < -0.4 is 10.6 Å². The zero-order valence-electron chi connectivity index (χ0n) is 16.7. The summed E-state index contributed by atoms with van der Waals surface area (Å²) in [5.41, 5.74) is 5.57. The van der Waals surface area contributed by atoms with Gasteiger partial charge in [0.15, 0.2) is 0 Å². The molecule has 0 fully saturated rings. The highest BCUT2D eigenvalue weighted by atomic mass is 19.4.